The Morgan fingerprint density at radius 2 is 2.10 bits per heavy atom. The number of carbonyl (C=O) groups excluding carboxylic acids is 1. The summed E-state index contributed by atoms with van der Waals surface area (Å²) in [5.41, 5.74) is 4.24. The van der Waals surface area contributed by atoms with E-state index in [2.05, 4.69) is 10.3 Å². The summed E-state index contributed by atoms with van der Waals surface area (Å²) in [6.07, 6.45) is 6.90. The average Bonchev–Trinajstić information content (AvgIpc) is 3.42. The maximum Gasteiger partial charge on any atom is 0.247 e. The van der Waals surface area contributed by atoms with Crippen LogP contribution in [0.1, 0.15) is 24.8 Å². The van der Waals surface area contributed by atoms with Crippen molar-refractivity contribution in [2.45, 2.75) is 31.8 Å². The van der Waals surface area contributed by atoms with E-state index in [1.807, 2.05) is 42.5 Å². The highest BCUT2D eigenvalue weighted by Gasteiger charge is 2.27. The predicted molar refractivity (Wildman–Crippen MR) is 110 cm³/mol. The van der Waals surface area contributed by atoms with E-state index in [9.17, 15) is 9.18 Å². The topological polar surface area (TPSA) is 51.2 Å². The molecule has 0 saturated carbocycles. The number of allylic oxidation sites excluding steroid dienone is 1. The maximum atomic E-state index is 14.7. The molecule has 0 bridgehead atoms. The number of nitrogens with one attached hydrogen (secondary N) is 1. The number of hydrogen-bond donors (Lipinski definition) is 1. The lowest BCUT2D eigenvalue weighted by Crippen LogP contribution is -2.35. The Morgan fingerprint density at radius 1 is 1.21 bits per heavy atom. The molecule has 1 amide bonds. The van der Waals surface area contributed by atoms with Gasteiger partial charge < -0.3 is 10.1 Å². The van der Waals surface area contributed by atoms with Crippen LogP contribution in [0, 0.1) is 5.82 Å². The Hall–Kier alpha value is -3.21. The molecule has 29 heavy (non-hydrogen) atoms. The van der Waals surface area contributed by atoms with Crippen molar-refractivity contribution in [1.82, 2.24) is 10.3 Å². The molecule has 2 heterocycles. The number of pyridine rings is 1. The molecule has 0 fully saturated rings. The van der Waals surface area contributed by atoms with Crippen molar-refractivity contribution >= 4 is 16.8 Å². The van der Waals surface area contributed by atoms with Crippen LogP contribution in [0.15, 0.2) is 60.3 Å². The molecular weight excluding hydrogens is 367 g/mol. The van der Waals surface area contributed by atoms with E-state index < -0.39 is 0 Å². The average molecular weight is 388 g/mol. The molecule has 3 aromatic rings. The monoisotopic (exact) mass is 388 g/mol. The molecule has 0 saturated heterocycles. The van der Waals surface area contributed by atoms with Crippen molar-refractivity contribution in [1.29, 1.82) is 0 Å². The number of carbonyl (C=O) groups is 1. The second kappa shape index (κ2) is 7.32. The Kier molecular flexibility index (Phi) is 4.51. The number of aromatic nitrogens is 1. The summed E-state index contributed by atoms with van der Waals surface area (Å²) < 4.78 is 20.5. The fourth-order valence-corrected chi connectivity index (χ4v) is 4.09. The van der Waals surface area contributed by atoms with E-state index in [0.29, 0.717) is 18.7 Å². The summed E-state index contributed by atoms with van der Waals surface area (Å²) in [6, 6.07) is 13.3. The lowest BCUT2D eigenvalue weighted by atomic mass is 10.0. The first-order valence-electron chi connectivity index (χ1n) is 9.99. The van der Waals surface area contributed by atoms with E-state index in [1.165, 1.54) is 6.07 Å². The summed E-state index contributed by atoms with van der Waals surface area (Å²) in [7, 11) is 0. The molecule has 1 atom stereocenters. The van der Waals surface area contributed by atoms with Gasteiger partial charge in [-0.3, -0.25) is 9.78 Å². The van der Waals surface area contributed by atoms with Gasteiger partial charge in [-0.2, -0.15) is 0 Å². The fourth-order valence-electron chi connectivity index (χ4n) is 4.09. The highest BCUT2D eigenvalue weighted by molar-refractivity contribution is 5.93. The van der Waals surface area contributed by atoms with Gasteiger partial charge in [0.2, 0.25) is 5.91 Å². The minimum Gasteiger partial charge on any atom is -0.485 e. The Balaban J connectivity index is 1.34. The maximum absolute atomic E-state index is 14.7. The summed E-state index contributed by atoms with van der Waals surface area (Å²) in [4.78, 5) is 16.6. The first kappa shape index (κ1) is 17.9. The van der Waals surface area contributed by atoms with Crippen molar-refractivity contribution in [2.24, 2.45) is 0 Å². The van der Waals surface area contributed by atoms with E-state index in [-0.39, 0.29) is 17.8 Å². The number of rotatable bonds is 4. The molecule has 0 radical (unpaired) electrons. The van der Waals surface area contributed by atoms with E-state index >= 15 is 0 Å². The lowest BCUT2D eigenvalue weighted by Gasteiger charge is -2.12. The smallest absolute Gasteiger partial charge is 0.247 e. The highest BCUT2D eigenvalue weighted by Crippen LogP contribution is 2.36. The SMILES string of the molecule is O=C(NC[C@@H]1Cc2cc(-c3cnc4ccccc4c3)cc(F)c2O1)C1=CCCC1. The van der Waals surface area contributed by atoms with Crippen LogP contribution in [-0.4, -0.2) is 23.5 Å². The zero-order valence-electron chi connectivity index (χ0n) is 16.0. The normalized spacial score (nSPS) is 17.7. The van der Waals surface area contributed by atoms with Crippen LogP contribution in [0.4, 0.5) is 4.39 Å². The van der Waals surface area contributed by atoms with Gasteiger partial charge in [0.1, 0.15) is 6.10 Å². The molecule has 1 aliphatic heterocycles. The van der Waals surface area contributed by atoms with Gasteiger partial charge in [-0.25, -0.2) is 4.39 Å². The molecule has 5 rings (SSSR count). The number of nitrogens with zero attached hydrogens (tertiary/aromatic N) is 1. The number of hydrogen-bond acceptors (Lipinski definition) is 3. The minimum absolute atomic E-state index is 0.0366. The van der Waals surface area contributed by atoms with Gasteiger partial charge in [-0.1, -0.05) is 24.3 Å². The number of fused-ring (bicyclic) bond motifs is 2. The lowest BCUT2D eigenvalue weighted by molar-refractivity contribution is -0.117. The number of para-hydroxylation sites is 1. The van der Waals surface area contributed by atoms with Crippen molar-refractivity contribution in [3.63, 3.8) is 0 Å². The van der Waals surface area contributed by atoms with Crippen molar-refractivity contribution < 1.29 is 13.9 Å². The molecule has 146 valence electrons. The van der Waals surface area contributed by atoms with Crippen LogP contribution in [0.5, 0.6) is 5.75 Å². The first-order chi connectivity index (χ1) is 14.2. The van der Waals surface area contributed by atoms with Crippen LogP contribution >= 0.6 is 0 Å². The van der Waals surface area contributed by atoms with Gasteiger partial charge in [0, 0.05) is 34.7 Å². The summed E-state index contributed by atoms with van der Waals surface area (Å²) in [6.45, 7) is 0.372. The predicted octanol–water partition coefficient (Wildman–Crippen LogP) is 4.57. The van der Waals surface area contributed by atoms with Crippen LogP contribution in [0.3, 0.4) is 0 Å². The highest BCUT2D eigenvalue weighted by atomic mass is 19.1. The van der Waals surface area contributed by atoms with Gasteiger partial charge in [0.05, 0.1) is 12.1 Å². The molecule has 5 heteroatoms. The van der Waals surface area contributed by atoms with Gasteiger partial charge >= 0.3 is 0 Å². The van der Waals surface area contributed by atoms with Gasteiger partial charge in [0.15, 0.2) is 11.6 Å². The summed E-state index contributed by atoms with van der Waals surface area (Å²) in [5.74, 6) is -0.120. The molecule has 2 aromatic carbocycles. The van der Waals surface area contributed by atoms with Gasteiger partial charge in [0.25, 0.3) is 0 Å². The number of benzene rings is 2. The van der Waals surface area contributed by atoms with Crippen molar-refractivity contribution in [3.05, 3.63) is 71.7 Å². The fraction of sp³-hybridized carbons (Fsp3) is 0.250. The van der Waals surface area contributed by atoms with E-state index in [0.717, 1.165) is 52.4 Å². The van der Waals surface area contributed by atoms with E-state index in [4.69, 9.17) is 4.74 Å². The second-order valence-corrected chi connectivity index (χ2v) is 7.64. The number of ether oxygens (including phenoxy) is 1. The molecule has 0 unspecified atom stereocenters. The Bertz CT molecular complexity index is 1140. The Labute approximate surface area is 168 Å². The summed E-state index contributed by atoms with van der Waals surface area (Å²) in [5, 5.41) is 3.94. The zero-order chi connectivity index (χ0) is 19.8. The molecule has 2 aliphatic rings. The van der Waals surface area contributed by atoms with Crippen LogP contribution in [0.25, 0.3) is 22.0 Å². The standard InChI is InChI=1S/C24H21FN2O2/c25-21-12-17(19-9-16-7-3-4-8-22(16)26-13-19)10-18-11-20(29-23(18)21)14-27-24(28)15-5-1-2-6-15/h3-5,7-10,12-13,20H,1-2,6,11,14H2,(H,27,28)/t20-/m0/s1. The molecule has 0 spiro atoms. The zero-order valence-corrected chi connectivity index (χ0v) is 16.0. The second-order valence-electron chi connectivity index (χ2n) is 7.64. The van der Waals surface area contributed by atoms with Crippen LogP contribution in [-0.2, 0) is 11.2 Å². The third-order valence-corrected chi connectivity index (χ3v) is 5.60. The van der Waals surface area contributed by atoms with Gasteiger partial charge in [-0.05, 0) is 49.1 Å². The summed E-state index contributed by atoms with van der Waals surface area (Å²) >= 11 is 0. The van der Waals surface area contributed by atoms with E-state index in [1.54, 1.807) is 6.20 Å². The first-order valence-corrected chi connectivity index (χ1v) is 9.99. The number of amides is 1. The molecular formula is C24H21FN2O2. The largest absolute Gasteiger partial charge is 0.485 e. The van der Waals surface area contributed by atoms with Crippen molar-refractivity contribution in [3.8, 4) is 16.9 Å². The minimum atomic E-state index is -0.377. The van der Waals surface area contributed by atoms with Crippen molar-refractivity contribution in [2.75, 3.05) is 6.54 Å². The molecule has 1 aliphatic carbocycles. The Morgan fingerprint density at radius 3 is 2.97 bits per heavy atom. The molecule has 4 nitrogen and oxygen atoms in total. The molecule has 1 aromatic heterocycles. The molecule has 1 N–H and O–H groups in total. The third kappa shape index (κ3) is 3.48. The van der Waals surface area contributed by atoms with Crippen LogP contribution in [0.2, 0.25) is 0 Å². The van der Waals surface area contributed by atoms with Gasteiger partial charge in [-0.15, -0.1) is 0 Å². The quantitative estimate of drug-likeness (QED) is 0.712. The number of halogens is 1. The third-order valence-electron chi connectivity index (χ3n) is 5.60. The van der Waals surface area contributed by atoms with Crippen LogP contribution < -0.4 is 10.1 Å².